The monoisotopic (exact) mass is 336 g/mol. The molecule has 2 aromatic rings. The Morgan fingerprint density at radius 2 is 2.14 bits per heavy atom. The molecule has 1 fully saturated rings. The Hall–Kier alpha value is -1.92. The Kier molecular flexibility index (Phi) is 3.88. The van der Waals surface area contributed by atoms with Gasteiger partial charge in [0.15, 0.2) is 0 Å². The minimum Gasteiger partial charge on any atom is -0.480 e. The highest BCUT2D eigenvalue weighted by Crippen LogP contribution is 2.33. The summed E-state index contributed by atoms with van der Waals surface area (Å²) in [5.41, 5.74) is -0.0719. The van der Waals surface area contributed by atoms with Gasteiger partial charge in [0.05, 0.1) is 0 Å². The van der Waals surface area contributed by atoms with Crippen molar-refractivity contribution >= 4 is 34.8 Å². The first kappa shape index (κ1) is 15.0. The lowest BCUT2D eigenvalue weighted by Gasteiger charge is -2.37. The average Bonchev–Trinajstić information content (AvgIpc) is 2.92. The number of nitrogens with one attached hydrogen (secondary N) is 1. The van der Waals surface area contributed by atoms with Crippen molar-refractivity contribution in [1.82, 2.24) is 10.3 Å². The highest BCUT2D eigenvalue weighted by Gasteiger charge is 2.46. The van der Waals surface area contributed by atoms with Gasteiger partial charge in [0.25, 0.3) is 5.91 Å². The maximum atomic E-state index is 12.2. The molecule has 3 rings (SSSR count). The van der Waals surface area contributed by atoms with Crippen LogP contribution in [0, 0.1) is 0 Å². The molecule has 5 nitrogen and oxygen atoms in total. The molecule has 0 unspecified atom stereocenters. The van der Waals surface area contributed by atoms with Crippen LogP contribution in [0.25, 0.3) is 10.6 Å². The summed E-state index contributed by atoms with van der Waals surface area (Å²) in [4.78, 5) is 27.8. The Morgan fingerprint density at radius 3 is 2.73 bits per heavy atom. The molecule has 1 aliphatic rings. The lowest BCUT2D eigenvalue weighted by atomic mass is 9.76. The van der Waals surface area contributed by atoms with Crippen molar-refractivity contribution in [1.29, 1.82) is 0 Å². The lowest BCUT2D eigenvalue weighted by molar-refractivity contribution is -0.148. The van der Waals surface area contributed by atoms with Gasteiger partial charge in [-0.2, -0.15) is 0 Å². The van der Waals surface area contributed by atoms with Crippen LogP contribution in [0.3, 0.4) is 0 Å². The quantitative estimate of drug-likeness (QED) is 0.898. The van der Waals surface area contributed by atoms with Gasteiger partial charge in [-0.3, -0.25) is 4.79 Å². The summed E-state index contributed by atoms with van der Waals surface area (Å²) in [6.07, 6.45) is 1.72. The second-order valence-corrected chi connectivity index (χ2v) is 6.54. The molecule has 22 heavy (non-hydrogen) atoms. The van der Waals surface area contributed by atoms with E-state index in [9.17, 15) is 14.7 Å². The van der Waals surface area contributed by atoms with Crippen LogP contribution in [0.1, 0.15) is 29.8 Å². The van der Waals surface area contributed by atoms with Gasteiger partial charge < -0.3 is 10.4 Å². The van der Waals surface area contributed by atoms with Gasteiger partial charge in [0.1, 0.15) is 16.2 Å². The molecule has 1 aromatic carbocycles. The van der Waals surface area contributed by atoms with Gasteiger partial charge in [-0.25, -0.2) is 9.78 Å². The van der Waals surface area contributed by atoms with E-state index in [0.29, 0.717) is 22.9 Å². The van der Waals surface area contributed by atoms with E-state index >= 15 is 0 Å². The Labute approximate surface area is 136 Å². The minimum atomic E-state index is -1.13. The second kappa shape index (κ2) is 5.70. The number of thiazole rings is 1. The number of benzene rings is 1. The van der Waals surface area contributed by atoms with E-state index in [1.165, 1.54) is 11.3 Å². The number of hydrogen-bond donors (Lipinski definition) is 2. The van der Waals surface area contributed by atoms with Crippen LogP contribution in [0.5, 0.6) is 0 Å². The van der Waals surface area contributed by atoms with Crippen molar-refractivity contribution in [3.63, 3.8) is 0 Å². The summed E-state index contributed by atoms with van der Waals surface area (Å²) in [6.45, 7) is 0. The molecule has 1 saturated carbocycles. The number of carbonyl (C=O) groups is 2. The Bertz CT molecular complexity index is 740. The van der Waals surface area contributed by atoms with Gasteiger partial charge in [-0.1, -0.05) is 23.7 Å². The summed E-state index contributed by atoms with van der Waals surface area (Å²) in [5, 5.41) is 14.7. The third-order valence-corrected chi connectivity index (χ3v) is 4.90. The van der Waals surface area contributed by atoms with Crippen molar-refractivity contribution in [2.75, 3.05) is 0 Å². The minimum absolute atomic E-state index is 0.229. The highest BCUT2D eigenvalue weighted by molar-refractivity contribution is 7.13. The zero-order chi connectivity index (χ0) is 15.7. The Balaban J connectivity index is 1.79. The maximum absolute atomic E-state index is 12.2. The SMILES string of the molecule is O=C(NC1(C(=O)O)CCC1)c1csc(-c2cccc(Cl)c2)n1. The maximum Gasteiger partial charge on any atom is 0.329 e. The van der Waals surface area contributed by atoms with Gasteiger partial charge in [-0.15, -0.1) is 11.3 Å². The van der Waals surface area contributed by atoms with Crippen LogP contribution in [-0.4, -0.2) is 27.5 Å². The number of aromatic nitrogens is 1. The molecule has 7 heteroatoms. The van der Waals surface area contributed by atoms with Crippen molar-refractivity contribution < 1.29 is 14.7 Å². The molecule has 1 heterocycles. The fourth-order valence-electron chi connectivity index (χ4n) is 2.34. The topological polar surface area (TPSA) is 79.3 Å². The second-order valence-electron chi connectivity index (χ2n) is 5.24. The largest absolute Gasteiger partial charge is 0.480 e. The number of amides is 1. The smallest absolute Gasteiger partial charge is 0.329 e. The predicted molar refractivity (Wildman–Crippen MR) is 84.2 cm³/mol. The number of rotatable bonds is 4. The van der Waals surface area contributed by atoms with Crippen LogP contribution in [0.15, 0.2) is 29.6 Å². The van der Waals surface area contributed by atoms with Gasteiger partial charge in [0, 0.05) is 16.0 Å². The normalized spacial score (nSPS) is 15.9. The van der Waals surface area contributed by atoms with E-state index in [4.69, 9.17) is 11.6 Å². The van der Waals surface area contributed by atoms with E-state index in [-0.39, 0.29) is 5.69 Å². The molecular formula is C15H13ClN2O3S. The number of carbonyl (C=O) groups excluding carboxylic acids is 1. The van der Waals surface area contributed by atoms with Crippen LogP contribution in [0.4, 0.5) is 0 Å². The fraction of sp³-hybridized carbons (Fsp3) is 0.267. The van der Waals surface area contributed by atoms with Crippen LogP contribution in [0.2, 0.25) is 5.02 Å². The molecule has 1 aromatic heterocycles. The molecular weight excluding hydrogens is 324 g/mol. The molecule has 2 N–H and O–H groups in total. The number of nitrogens with zero attached hydrogens (tertiary/aromatic N) is 1. The van der Waals surface area contributed by atoms with Gasteiger partial charge >= 0.3 is 5.97 Å². The first-order chi connectivity index (χ1) is 10.5. The highest BCUT2D eigenvalue weighted by atomic mass is 35.5. The molecule has 0 bridgehead atoms. The molecule has 1 aliphatic carbocycles. The lowest BCUT2D eigenvalue weighted by Crippen LogP contribution is -2.59. The van der Waals surface area contributed by atoms with Crippen molar-refractivity contribution in [2.45, 2.75) is 24.8 Å². The molecule has 1 amide bonds. The number of carboxylic acids is 1. The van der Waals surface area contributed by atoms with E-state index in [1.54, 1.807) is 17.5 Å². The average molecular weight is 337 g/mol. The van der Waals surface area contributed by atoms with Crippen molar-refractivity contribution in [2.24, 2.45) is 0 Å². The fourth-order valence-corrected chi connectivity index (χ4v) is 3.32. The summed E-state index contributed by atoms with van der Waals surface area (Å²) in [5.74, 6) is -1.44. The summed E-state index contributed by atoms with van der Waals surface area (Å²) in [7, 11) is 0. The third kappa shape index (κ3) is 2.71. The van der Waals surface area contributed by atoms with Crippen molar-refractivity contribution in [3.8, 4) is 10.6 Å². The number of carboxylic acid groups (broad SMARTS) is 1. The van der Waals surface area contributed by atoms with Gasteiger partial charge in [-0.05, 0) is 31.4 Å². The standard InChI is InChI=1S/C15H13ClN2O3S/c16-10-4-1-3-9(7-10)13-17-11(8-22-13)12(19)18-15(14(20)21)5-2-6-15/h1,3-4,7-8H,2,5-6H2,(H,18,19)(H,20,21). The molecule has 0 aliphatic heterocycles. The Morgan fingerprint density at radius 1 is 1.36 bits per heavy atom. The number of halogens is 1. The summed E-state index contributed by atoms with van der Waals surface area (Å²) >= 11 is 7.27. The van der Waals surface area contributed by atoms with E-state index in [1.807, 2.05) is 12.1 Å². The van der Waals surface area contributed by atoms with Crippen LogP contribution in [-0.2, 0) is 4.79 Å². The molecule has 0 spiro atoms. The molecule has 114 valence electrons. The van der Waals surface area contributed by atoms with E-state index < -0.39 is 17.4 Å². The number of hydrogen-bond acceptors (Lipinski definition) is 4. The molecule has 0 atom stereocenters. The predicted octanol–water partition coefficient (Wildman–Crippen LogP) is 3.20. The number of aliphatic carboxylic acids is 1. The first-order valence-electron chi connectivity index (χ1n) is 6.78. The zero-order valence-electron chi connectivity index (χ0n) is 11.5. The summed E-state index contributed by atoms with van der Waals surface area (Å²) < 4.78 is 0. The molecule has 0 radical (unpaired) electrons. The van der Waals surface area contributed by atoms with E-state index in [2.05, 4.69) is 10.3 Å². The summed E-state index contributed by atoms with van der Waals surface area (Å²) in [6, 6.07) is 7.20. The van der Waals surface area contributed by atoms with Crippen LogP contribution < -0.4 is 5.32 Å². The van der Waals surface area contributed by atoms with Gasteiger partial charge in [0.2, 0.25) is 0 Å². The van der Waals surface area contributed by atoms with Crippen molar-refractivity contribution in [3.05, 3.63) is 40.4 Å². The molecule has 0 saturated heterocycles. The zero-order valence-corrected chi connectivity index (χ0v) is 13.1. The van der Waals surface area contributed by atoms with Crippen LogP contribution >= 0.6 is 22.9 Å². The first-order valence-corrected chi connectivity index (χ1v) is 8.03. The van der Waals surface area contributed by atoms with E-state index in [0.717, 1.165) is 12.0 Å². The third-order valence-electron chi connectivity index (χ3n) is 3.78.